The summed E-state index contributed by atoms with van der Waals surface area (Å²) in [5, 5.41) is 12.8. The molecule has 106 valence electrons. The van der Waals surface area contributed by atoms with Gasteiger partial charge in [0.15, 0.2) is 5.58 Å². The molecule has 0 saturated carbocycles. The Morgan fingerprint density at radius 1 is 1.35 bits per heavy atom. The normalized spacial score (nSPS) is 14.6. The summed E-state index contributed by atoms with van der Waals surface area (Å²) in [6.07, 6.45) is 0. The van der Waals surface area contributed by atoms with E-state index in [0.29, 0.717) is 27.7 Å². The van der Waals surface area contributed by atoms with Crippen LogP contribution in [0.3, 0.4) is 0 Å². The fourth-order valence-corrected chi connectivity index (χ4v) is 2.27. The standard InChI is InChI=1S/C12H11ClN4O.C2H6/c13-9-5-8(7-14)11-10(6-9)16-12(18-11)17-3-1-15-2-4-17;1-2/h5-6,15H,1-4H2;1-2H3. The molecule has 0 amide bonds. The van der Waals surface area contributed by atoms with Crippen molar-refractivity contribution in [3.63, 3.8) is 0 Å². The molecule has 0 unspecified atom stereocenters. The molecule has 6 heteroatoms. The molecule has 1 aromatic heterocycles. The number of hydrogen-bond donors (Lipinski definition) is 1. The molecule has 3 rings (SSSR count). The largest absolute Gasteiger partial charge is 0.422 e. The molecule has 0 radical (unpaired) electrons. The summed E-state index contributed by atoms with van der Waals surface area (Å²) in [7, 11) is 0. The monoisotopic (exact) mass is 292 g/mol. The van der Waals surface area contributed by atoms with Crippen molar-refractivity contribution in [2.45, 2.75) is 13.8 Å². The second-order valence-electron chi connectivity index (χ2n) is 4.15. The third-order valence-corrected chi connectivity index (χ3v) is 3.17. The summed E-state index contributed by atoms with van der Waals surface area (Å²) in [5.74, 6) is 0. The number of fused-ring (bicyclic) bond motifs is 1. The van der Waals surface area contributed by atoms with Gasteiger partial charge >= 0.3 is 0 Å². The molecule has 2 aromatic rings. The number of rotatable bonds is 1. The Morgan fingerprint density at radius 2 is 2.05 bits per heavy atom. The summed E-state index contributed by atoms with van der Waals surface area (Å²) >= 11 is 5.94. The maximum Gasteiger partial charge on any atom is 0.298 e. The molecule has 1 saturated heterocycles. The topological polar surface area (TPSA) is 65.1 Å². The molecule has 0 aliphatic carbocycles. The van der Waals surface area contributed by atoms with Crippen molar-refractivity contribution in [1.82, 2.24) is 10.3 Å². The average molecular weight is 293 g/mol. The van der Waals surface area contributed by atoms with Gasteiger partial charge in [0.2, 0.25) is 0 Å². The van der Waals surface area contributed by atoms with E-state index < -0.39 is 0 Å². The number of benzene rings is 1. The van der Waals surface area contributed by atoms with E-state index in [1.54, 1.807) is 12.1 Å². The van der Waals surface area contributed by atoms with E-state index in [2.05, 4.69) is 21.3 Å². The second-order valence-corrected chi connectivity index (χ2v) is 4.58. The van der Waals surface area contributed by atoms with Gasteiger partial charge in [-0.3, -0.25) is 0 Å². The van der Waals surface area contributed by atoms with Crippen LogP contribution in [0.15, 0.2) is 16.5 Å². The number of nitriles is 1. The molecule has 0 bridgehead atoms. The number of halogens is 1. The van der Waals surface area contributed by atoms with E-state index in [1.165, 1.54) is 0 Å². The summed E-state index contributed by atoms with van der Waals surface area (Å²) in [6, 6.07) is 5.95. The van der Waals surface area contributed by atoms with Crippen molar-refractivity contribution in [3.05, 3.63) is 22.7 Å². The van der Waals surface area contributed by atoms with Crippen LogP contribution in [-0.2, 0) is 0 Å². The minimum atomic E-state index is 0.423. The first-order valence-electron chi connectivity index (χ1n) is 6.74. The third kappa shape index (κ3) is 2.87. The van der Waals surface area contributed by atoms with E-state index >= 15 is 0 Å². The number of piperazine rings is 1. The summed E-state index contributed by atoms with van der Waals surface area (Å²) in [5.41, 5.74) is 1.56. The highest BCUT2D eigenvalue weighted by atomic mass is 35.5. The lowest BCUT2D eigenvalue weighted by atomic mass is 10.2. The van der Waals surface area contributed by atoms with E-state index in [1.807, 2.05) is 13.8 Å². The molecule has 2 heterocycles. The van der Waals surface area contributed by atoms with Gasteiger partial charge in [-0.05, 0) is 12.1 Å². The molecule has 1 fully saturated rings. The summed E-state index contributed by atoms with van der Waals surface area (Å²) < 4.78 is 5.69. The van der Waals surface area contributed by atoms with Crippen LogP contribution < -0.4 is 10.2 Å². The molecule has 0 atom stereocenters. The summed E-state index contributed by atoms with van der Waals surface area (Å²) in [6.45, 7) is 7.51. The molecule has 20 heavy (non-hydrogen) atoms. The Hall–Kier alpha value is -1.77. The first kappa shape index (κ1) is 14.6. The van der Waals surface area contributed by atoms with Gasteiger partial charge in [0.1, 0.15) is 11.6 Å². The lowest BCUT2D eigenvalue weighted by molar-refractivity contribution is 0.517. The molecular weight excluding hydrogens is 276 g/mol. The average Bonchev–Trinajstić information content (AvgIpc) is 2.93. The van der Waals surface area contributed by atoms with Crippen LogP contribution in [0.4, 0.5) is 6.01 Å². The minimum Gasteiger partial charge on any atom is -0.422 e. The SMILES string of the molecule is CC.N#Cc1cc(Cl)cc2nc(N3CCNCC3)oc12. The minimum absolute atomic E-state index is 0.423. The van der Waals surface area contributed by atoms with Crippen LogP contribution in [0, 0.1) is 11.3 Å². The Balaban J connectivity index is 0.000000704. The zero-order valence-electron chi connectivity index (χ0n) is 11.6. The maximum atomic E-state index is 9.06. The molecule has 0 spiro atoms. The third-order valence-electron chi connectivity index (χ3n) is 2.95. The van der Waals surface area contributed by atoms with Gasteiger partial charge in [-0.25, -0.2) is 0 Å². The van der Waals surface area contributed by atoms with Crippen molar-refractivity contribution >= 4 is 28.7 Å². The smallest absolute Gasteiger partial charge is 0.298 e. The molecular formula is C14H17ClN4O. The van der Waals surface area contributed by atoms with E-state index in [9.17, 15) is 0 Å². The van der Waals surface area contributed by atoms with Crippen LogP contribution in [0.2, 0.25) is 5.02 Å². The first-order valence-corrected chi connectivity index (χ1v) is 7.11. The lowest BCUT2D eigenvalue weighted by Gasteiger charge is -2.25. The number of anilines is 1. The van der Waals surface area contributed by atoms with E-state index in [-0.39, 0.29) is 0 Å². The van der Waals surface area contributed by atoms with Gasteiger partial charge in [0.25, 0.3) is 6.01 Å². The molecule has 1 aliphatic heterocycles. The Morgan fingerprint density at radius 3 is 2.70 bits per heavy atom. The van der Waals surface area contributed by atoms with Crippen molar-refractivity contribution in [2.75, 3.05) is 31.1 Å². The number of nitrogens with one attached hydrogen (secondary N) is 1. The Kier molecular flexibility index (Phi) is 4.83. The van der Waals surface area contributed by atoms with Gasteiger partial charge in [0.05, 0.1) is 5.56 Å². The highest BCUT2D eigenvalue weighted by Crippen LogP contribution is 2.27. The highest BCUT2D eigenvalue weighted by molar-refractivity contribution is 6.31. The summed E-state index contributed by atoms with van der Waals surface area (Å²) in [4.78, 5) is 6.46. The van der Waals surface area contributed by atoms with Crippen molar-refractivity contribution in [3.8, 4) is 6.07 Å². The van der Waals surface area contributed by atoms with Crippen LogP contribution in [-0.4, -0.2) is 31.2 Å². The Labute approximate surface area is 123 Å². The molecule has 1 N–H and O–H groups in total. The van der Waals surface area contributed by atoms with Gasteiger partial charge in [-0.15, -0.1) is 0 Å². The molecule has 5 nitrogen and oxygen atoms in total. The van der Waals surface area contributed by atoms with Gasteiger partial charge in [-0.1, -0.05) is 25.4 Å². The van der Waals surface area contributed by atoms with Crippen LogP contribution in [0.5, 0.6) is 0 Å². The van der Waals surface area contributed by atoms with Gasteiger partial charge in [0, 0.05) is 31.2 Å². The number of aromatic nitrogens is 1. The van der Waals surface area contributed by atoms with Crippen LogP contribution in [0.1, 0.15) is 19.4 Å². The Bertz CT molecular complexity index is 626. The number of nitrogens with zero attached hydrogens (tertiary/aromatic N) is 3. The second kappa shape index (κ2) is 6.60. The van der Waals surface area contributed by atoms with Crippen LogP contribution in [0.25, 0.3) is 11.1 Å². The molecule has 1 aliphatic rings. The first-order chi connectivity index (χ1) is 9.78. The zero-order valence-corrected chi connectivity index (χ0v) is 12.4. The quantitative estimate of drug-likeness (QED) is 0.875. The lowest BCUT2D eigenvalue weighted by Crippen LogP contribution is -2.43. The van der Waals surface area contributed by atoms with Gasteiger partial charge in [-0.2, -0.15) is 10.2 Å². The van der Waals surface area contributed by atoms with Crippen LogP contribution >= 0.6 is 11.6 Å². The predicted octanol–water partition coefficient (Wildman–Crippen LogP) is 2.79. The number of hydrogen-bond acceptors (Lipinski definition) is 5. The predicted molar refractivity (Wildman–Crippen MR) is 80.2 cm³/mol. The molecule has 1 aromatic carbocycles. The van der Waals surface area contributed by atoms with Crippen molar-refractivity contribution in [1.29, 1.82) is 5.26 Å². The maximum absolute atomic E-state index is 9.06. The van der Waals surface area contributed by atoms with Crippen molar-refractivity contribution in [2.24, 2.45) is 0 Å². The van der Waals surface area contributed by atoms with Crippen molar-refractivity contribution < 1.29 is 4.42 Å². The zero-order chi connectivity index (χ0) is 14.5. The highest BCUT2D eigenvalue weighted by Gasteiger charge is 2.18. The fourth-order valence-electron chi connectivity index (χ4n) is 2.06. The van der Waals surface area contributed by atoms with E-state index in [0.717, 1.165) is 26.2 Å². The van der Waals surface area contributed by atoms with E-state index in [4.69, 9.17) is 21.3 Å². The fraction of sp³-hybridized carbons (Fsp3) is 0.429. The number of oxazole rings is 1. The van der Waals surface area contributed by atoms with Gasteiger partial charge < -0.3 is 14.6 Å².